The Kier molecular flexibility index (Phi) is 10.9. The molecule has 0 bridgehead atoms. The number of hydrogen-bond acceptors (Lipinski definition) is 0. The fourth-order valence-electron chi connectivity index (χ4n) is 7.57. The van der Waals surface area contributed by atoms with Gasteiger partial charge in [0.05, 0.1) is 0 Å². The molecule has 0 heterocycles. The van der Waals surface area contributed by atoms with E-state index in [-0.39, 0.29) is 24.8 Å². The molecule has 5 rings (SSSR count). The van der Waals surface area contributed by atoms with Gasteiger partial charge in [-0.05, 0) is 0 Å². The number of halogens is 2. The van der Waals surface area contributed by atoms with E-state index in [9.17, 15) is 0 Å². The number of aryl methyl sites for hydroxylation is 4. The predicted molar refractivity (Wildman–Crippen MR) is 176 cm³/mol. The second kappa shape index (κ2) is 13.2. The van der Waals surface area contributed by atoms with Crippen LogP contribution in [0.25, 0.3) is 12.2 Å². The second-order valence-electron chi connectivity index (χ2n) is 11.9. The summed E-state index contributed by atoms with van der Waals surface area (Å²) in [6.45, 7) is 16.7. The molecule has 2 aliphatic carbocycles. The third kappa shape index (κ3) is 6.06. The van der Waals surface area contributed by atoms with Crippen molar-refractivity contribution < 1.29 is 18.9 Å². The van der Waals surface area contributed by atoms with Gasteiger partial charge >= 0.3 is 232 Å². The van der Waals surface area contributed by atoms with E-state index in [1.54, 1.807) is 50.1 Å². The first-order chi connectivity index (χ1) is 17.8. The van der Waals surface area contributed by atoms with Crippen LogP contribution in [0, 0.1) is 13.8 Å². The van der Waals surface area contributed by atoms with Gasteiger partial charge in [0.15, 0.2) is 0 Å². The molecule has 207 valence electrons. The predicted octanol–water partition coefficient (Wildman–Crippen LogP) is 9.57. The van der Waals surface area contributed by atoms with Gasteiger partial charge in [0, 0.05) is 0 Å². The van der Waals surface area contributed by atoms with E-state index < -0.39 is 18.9 Å². The summed E-state index contributed by atoms with van der Waals surface area (Å²) in [5, 5.41) is 0. The van der Waals surface area contributed by atoms with E-state index >= 15 is 0 Å². The maximum Gasteiger partial charge on any atom is -0.147 e. The van der Waals surface area contributed by atoms with Gasteiger partial charge < -0.3 is 0 Å². The summed E-state index contributed by atoms with van der Waals surface area (Å²) in [4.78, 5) is 0. The third-order valence-corrected chi connectivity index (χ3v) is 27.1. The van der Waals surface area contributed by atoms with Gasteiger partial charge in [0.25, 0.3) is 0 Å². The van der Waals surface area contributed by atoms with Crippen molar-refractivity contribution in [3.63, 3.8) is 0 Å². The molecule has 0 aliphatic heterocycles. The van der Waals surface area contributed by atoms with Crippen molar-refractivity contribution in [2.75, 3.05) is 0 Å². The van der Waals surface area contributed by atoms with Crippen LogP contribution in [0.15, 0.2) is 65.7 Å². The van der Waals surface area contributed by atoms with Gasteiger partial charge in [-0.15, -0.1) is 24.8 Å². The molecule has 0 N–H and O–H groups in total. The van der Waals surface area contributed by atoms with Crippen molar-refractivity contribution in [1.82, 2.24) is 0 Å². The number of hydrogen-bond donors (Lipinski definition) is 0. The Morgan fingerprint density at radius 1 is 0.667 bits per heavy atom. The van der Waals surface area contributed by atoms with Crippen LogP contribution in [0.4, 0.5) is 0 Å². The summed E-state index contributed by atoms with van der Waals surface area (Å²) in [6, 6.07) is 21.5. The fraction of sp³-hybridized carbons (Fsp3) is 0.371. The molecule has 4 heteroatoms. The Bertz CT molecular complexity index is 1360. The van der Waals surface area contributed by atoms with Crippen LogP contribution >= 0.6 is 24.8 Å². The molecule has 0 fully saturated rings. The van der Waals surface area contributed by atoms with Gasteiger partial charge in [-0.1, -0.05) is 0 Å². The smallest absolute Gasteiger partial charge is 0.147 e. The van der Waals surface area contributed by atoms with Crippen molar-refractivity contribution in [2.24, 2.45) is 0 Å². The summed E-state index contributed by atoms with van der Waals surface area (Å²) in [5.74, 6) is 0. The van der Waals surface area contributed by atoms with Crippen molar-refractivity contribution in [3.8, 4) is 0 Å². The molecule has 2 atom stereocenters. The molecule has 0 saturated heterocycles. The molecule has 0 spiro atoms. The first-order valence-electron chi connectivity index (χ1n) is 14.3. The second-order valence-corrected chi connectivity index (χ2v) is 29.5. The summed E-state index contributed by atoms with van der Waals surface area (Å²) in [5.41, 5.74) is 17.2. The zero-order valence-electron chi connectivity index (χ0n) is 24.6. The minimum atomic E-state index is -3.05. The summed E-state index contributed by atoms with van der Waals surface area (Å²) in [7, 11) is 0. The Morgan fingerprint density at radius 2 is 1.10 bits per heavy atom. The van der Waals surface area contributed by atoms with Gasteiger partial charge in [0.1, 0.15) is 0 Å². The van der Waals surface area contributed by atoms with Gasteiger partial charge in [-0.3, -0.25) is 0 Å². The van der Waals surface area contributed by atoms with Crippen LogP contribution < -0.4 is 0 Å². The third-order valence-electron chi connectivity index (χ3n) is 8.73. The van der Waals surface area contributed by atoms with Crippen molar-refractivity contribution in [2.45, 2.75) is 78.6 Å². The standard InChI is InChI=1S/2C14H17.C7H7.2ClH.H2Si.Zr/c2*1-4-5-12-6-10(2)7-13-8-11(3)9-14(12)13;1-7-5-3-2-4-6-7;;;;/h2*6-9H,4-5H2,1-3H3;2-6H,1H2;2*1H;1H2;. The van der Waals surface area contributed by atoms with Gasteiger partial charge in [-0.2, -0.15) is 0 Å². The van der Waals surface area contributed by atoms with Crippen LogP contribution in [0.2, 0.25) is 0 Å². The first-order valence-corrected chi connectivity index (χ1v) is 24.8. The minimum Gasteiger partial charge on any atom is -0.147 e. The fourth-order valence-corrected chi connectivity index (χ4v) is 29.0. The number of rotatable bonds is 8. The van der Waals surface area contributed by atoms with E-state index in [0.717, 1.165) is 0 Å². The van der Waals surface area contributed by atoms with Crippen LogP contribution in [0.3, 0.4) is 0 Å². The van der Waals surface area contributed by atoms with Crippen molar-refractivity contribution >= 4 is 43.8 Å². The quantitative estimate of drug-likeness (QED) is 0.212. The molecule has 2 aliphatic rings. The monoisotopic (exact) mass is 653 g/mol. The zero-order chi connectivity index (χ0) is 26.3. The Hall–Kier alpha value is -1.18. The van der Waals surface area contributed by atoms with Crippen LogP contribution in [0.1, 0.15) is 97.9 Å². The van der Waals surface area contributed by atoms with Gasteiger partial charge in [-0.25, -0.2) is 0 Å². The molecular weight excluding hydrogens is 611 g/mol. The molecule has 39 heavy (non-hydrogen) atoms. The molecule has 0 saturated carbocycles. The molecule has 0 aromatic heterocycles. The normalized spacial score (nSPS) is 18.7. The SMILES string of the molecule is CCCc1cc(C)cc2c1C=C(C)[CH]2[Zr](=[SiH2])([CH2]c1ccccc1)[CH]1C(C)=Cc2c(CCC)cc(C)cc21.Cl.Cl. The molecule has 0 nitrogen and oxygen atoms in total. The first kappa shape index (κ1) is 32.3. The summed E-state index contributed by atoms with van der Waals surface area (Å²) < 4.78 is 2.52. The molecule has 0 amide bonds. The maximum absolute atomic E-state index is 3.05. The largest absolute Gasteiger partial charge is 0.147 e. The number of allylic oxidation sites excluding steroid dienone is 2. The van der Waals surface area contributed by atoms with Crippen LogP contribution in [-0.4, -0.2) is 6.88 Å². The van der Waals surface area contributed by atoms with E-state index in [1.807, 2.05) is 0 Å². The van der Waals surface area contributed by atoms with Gasteiger partial charge in [0.2, 0.25) is 0 Å². The van der Waals surface area contributed by atoms with Crippen LogP contribution in [0.5, 0.6) is 0 Å². The number of benzene rings is 3. The average Bonchev–Trinajstić information content (AvgIpc) is 3.36. The summed E-state index contributed by atoms with van der Waals surface area (Å²) >= 11 is -3.05. The van der Waals surface area contributed by atoms with E-state index in [4.69, 9.17) is 0 Å². The Morgan fingerprint density at radius 3 is 1.51 bits per heavy atom. The Labute approximate surface area is 255 Å². The number of fused-ring (bicyclic) bond motifs is 2. The van der Waals surface area contributed by atoms with Crippen molar-refractivity contribution in [1.29, 1.82) is 0 Å². The topological polar surface area (TPSA) is 0 Å². The van der Waals surface area contributed by atoms with E-state index in [0.29, 0.717) is 7.25 Å². The molecular formula is C35H45Cl2SiZr. The van der Waals surface area contributed by atoms with Crippen LogP contribution in [-0.2, 0) is 35.9 Å². The average molecular weight is 656 g/mol. The Balaban J connectivity index is 0.00000210. The molecule has 2 unspecified atom stereocenters. The summed E-state index contributed by atoms with van der Waals surface area (Å²) in [6.07, 6.45) is 9.94. The minimum absolute atomic E-state index is 0. The van der Waals surface area contributed by atoms with E-state index in [1.165, 1.54) is 40.9 Å². The molecule has 3 aromatic rings. The van der Waals surface area contributed by atoms with E-state index in [2.05, 4.69) is 115 Å². The molecule has 0 radical (unpaired) electrons. The maximum atomic E-state index is 2.59. The molecule has 3 aromatic carbocycles. The zero-order valence-corrected chi connectivity index (χ0v) is 30.1. The van der Waals surface area contributed by atoms with Crippen molar-refractivity contribution in [3.05, 3.63) is 116 Å².